The van der Waals surface area contributed by atoms with Crippen molar-refractivity contribution in [1.29, 1.82) is 0 Å². The number of hydrogen-bond donors (Lipinski definition) is 3. The van der Waals surface area contributed by atoms with Crippen molar-refractivity contribution in [2.75, 3.05) is 0 Å². The van der Waals surface area contributed by atoms with Crippen LogP contribution in [0, 0.1) is 0 Å². The Bertz CT molecular complexity index is 1250. The van der Waals surface area contributed by atoms with Crippen molar-refractivity contribution in [3.05, 3.63) is 94.6 Å². The predicted octanol–water partition coefficient (Wildman–Crippen LogP) is 4.30. The highest BCUT2D eigenvalue weighted by molar-refractivity contribution is 5.81. The number of fused-ring (bicyclic) bond motifs is 2. The van der Waals surface area contributed by atoms with E-state index < -0.39 is 0 Å². The highest BCUT2D eigenvalue weighted by Crippen LogP contribution is 2.35. The molecule has 2 aromatic heterocycles. The van der Waals surface area contributed by atoms with E-state index >= 15 is 0 Å². The number of nitrogens with one attached hydrogen (secondary N) is 1. The summed E-state index contributed by atoms with van der Waals surface area (Å²) in [5.41, 5.74) is 13.3. The van der Waals surface area contributed by atoms with E-state index in [4.69, 9.17) is 15.7 Å². The van der Waals surface area contributed by atoms with E-state index in [0.29, 0.717) is 19.6 Å². The van der Waals surface area contributed by atoms with Crippen LogP contribution in [0.1, 0.15) is 52.7 Å². The first-order chi connectivity index (χ1) is 16.2. The lowest BCUT2D eigenvalue weighted by molar-refractivity contribution is 0.153. The van der Waals surface area contributed by atoms with Crippen molar-refractivity contribution in [3.8, 4) is 0 Å². The lowest BCUT2D eigenvalue weighted by atomic mass is 9.90. The second-order valence-electron chi connectivity index (χ2n) is 8.54. The van der Waals surface area contributed by atoms with Gasteiger partial charge in [0, 0.05) is 24.8 Å². The molecule has 0 radical (unpaired) electrons. The molecule has 0 fully saturated rings. The number of imidazole rings is 1. The van der Waals surface area contributed by atoms with Crippen LogP contribution in [0.25, 0.3) is 11.0 Å². The van der Waals surface area contributed by atoms with Gasteiger partial charge < -0.3 is 15.9 Å². The van der Waals surface area contributed by atoms with Gasteiger partial charge in [-0.15, -0.1) is 0 Å². The lowest BCUT2D eigenvalue weighted by Gasteiger charge is -2.35. The number of nitrogens with zero attached hydrogens (tertiary/aromatic N) is 4. The number of benzene rings is 2. The van der Waals surface area contributed by atoms with Crippen LogP contribution in [0.5, 0.6) is 0 Å². The maximum atomic E-state index is 9.24. The van der Waals surface area contributed by atoms with Crippen LogP contribution < -0.4 is 5.73 Å². The fourth-order valence-electron chi connectivity index (χ4n) is 4.81. The van der Waals surface area contributed by atoms with Gasteiger partial charge in [0.1, 0.15) is 5.82 Å². The van der Waals surface area contributed by atoms with Crippen LogP contribution in [0.3, 0.4) is 0 Å². The van der Waals surface area contributed by atoms with Gasteiger partial charge in [0.25, 0.3) is 0 Å². The Kier molecular flexibility index (Phi) is 6.15. The van der Waals surface area contributed by atoms with Crippen molar-refractivity contribution < 1.29 is 5.21 Å². The summed E-state index contributed by atoms with van der Waals surface area (Å²) in [6, 6.07) is 18.6. The standard InChI is InChI=1S/C26H28N6O/c27-14-18-10-11-20(21(13-18)15-29-33)16-32(17-25-30-22-7-1-2-8-23(22)31-25)24-9-3-5-19-6-4-12-28-26(19)24/h1-2,4,6-8,10-13,15,24,33H,3,5,9,14,16-17,27H2,(H,30,31)/b29-15+. The smallest absolute Gasteiger partial charge is 0.121 e. The molecule has 7 nitrogen and oxygen atoms in total. The van der Waals surface area contributed by atoms with Crippen LogP contribution in [-0.2, 0) is 26.1 Å². The fourth-order valence-corrected chi connectivity index (χ4v) is 4.81. The SMILES string of the molecule is NCc1ccc(CN(Cc2nc3ccccc3[nH]2)C2CCCc3cccnc32)c(/C=N/O)c1. The number of para-hydroxylation sites is 2. The normalized spacial score (nSPS) is 16.0. The Hall–Kier alpha value is -3.55. The van der Waals surface area contributed by atoms with Gasteiger partial charge in [-0.3, -0.25) is 9.88 Å². The van der Waals surface area contributed by atoms with Crippen molar-refractivity contribution in [1.82, 2.24) is 19.9 Å². The molecule has 0 aliphatic heterocycles. The van der Waals surface area contributed by atoms with Crippen LogP contribution in [0.4, 0.5) is 0 Å². The predicted molar refractivity (Wildman–Crippen MR) is 129 cm³/mol. The third kappa shape index (κ3) is 4.51. The zero-order valence-electron chi connectivity index (χ0n) is 18.5. The number of hydrogen-bond acceptors (Lipinski definition) is 6. The van der Waals surface area contributed by atoms with Gasteiger partial charge in [0.2, 0.25) is 0 Å². The second-order valence-corrected chi connectivity index (χ2v) is 8.54. The summed E-state index contributed by atoms with van der Waals surface area (Å²) < 4.78 is 0. The number of aryl methyl sites for hydroxylation is 1. The monoisotopic (exact) mass is 440 g/mol. The van der Waals surface area contributed by atoms with Crippen LogP contribution in [-0.4, -0.2) is 31.3 Å². The second kappa shape index (κ2) is 9.52. The van der Waals surface area contributed by atoms with Gasteiger partial charge in [0.05, 0.1) is 35.5 Å². The van der Waals surface area contributed by atoms with E-state index in [1.54, 1.807) is 0 Å². The van der Waals surface area contributed by atoms with Gasteiger partial charge in [-0.2, -0.15) is 0 Å². The molecular formula is C26H28N6O. The van der Waals surface area contributed by atoms with Gasteiger partial charge in [-0.25, -0.2) is 4.98 Å². The van der Waals surface area contributed by atoms with Crippen molar-refractivity contribution in [3.63, 3.8) is 0 Å². The van der Waals surface area contributed by atoms with E-state index in [1.807, 2.05) is 42.6 Å². The van der Waals surface area contributed by atoms with E-state index in [1.165, 1.54) is 11.8 Å². The Labute approximate surface area is 193 Å². The molecule has 4 aromatic rings. The minimum Gasteiger partial charge on any atom is -0.411 e. The van der Waals surface area contributed by atoms with Crippen molar-refractivity contribution in [2.24, 2.45) is 10.9 Å². The average Bonchev–Trinajstić information content (AvgIpc) is 3.27. The van der Waals surface area contributed by atoms with Gasteiger partial charge in [0.15, 0.2) is 0 Å². The first kappa shape index (κ1) is 21.3. The Morgan fingerprint density at radius 1 is 1.15 bits per heavy atom. The minimum atomic E-state index is 0.177. The van der Waals surface area contributed by atoms with Crippen molar-refractivity contribution >= 4 is 17.2 Å². The van der Waals surface area contributed by atoms with Crippen molar-refractivity contribution in [2.45, 2.75) is 44.9 Å². The molecular weight excluding hydrogens is 412 g/mol. The summed E-state index contributed by atoms with van der Waals surface area (Å²) >= 11 is 0. The summed E-state index contributed by atoms with van der Waals surface area (Å²) in [6.45, 7) is 1.77. The molecule has 1 aliphatic rings. The van der Waals surface area contributed by atoms with Gasteiger partial charge >= 0.3 is 0 Å². The molecule has 0 saturated carbocycles. The van der Waals surface area contributed by atoms with Crippen LogP contribution in [0.15, 0.2) is 65.9 Å². The first-order valence-corrected chi connectivity index (χ1v) is 11.4. The first-order valence-electron chi connectivity index (χ1n) is 11.4. The molecule has 2 aromatic carbocycles. The third-order valence-corrected chi connectivity index (χ3v) is 6.41. The lowest BCUT2D eigenvalue weighted by Crippen LogP contribution is -2.32. The molecule has 4 N–H and O–H groups in total. The topological polar surface area (TPSA) is 103 Å². The molecule has 0 saturated heterocycles. The quantitative estimate of drug-likeness (QED) is 0.226. The summed E-state index contributed by atoms with van der Waals surface area (Å²) in [5, 5.41) is 12.5. The number of aromatic nitrogens is 3. The van der Waals surface area contributed by atoms with Crippen LogP contribution in [0.2, 0.25) is 0 Å². The van der Waals surface area contributed by atoms with Gasteiger partial charge in [-0.05, 0) is 60.2 Å². The fraction of sp³-hybridized carbons (Fsp3) is 0.269. The highest BCUT2D eigenvalue weighted by Gasteiger charge is 2.28. The summed E-state index contributed by atoms with van der Waals surface area (Å²) in [7, 11) is 0. The Morgan fingerprint density at radius 2 is 2.06 bits per heavy atom. The zero-order valence-corrected chi connectivity index (χ0v) is 18.5. The molecule has 1 unspecified atom stereocenters. The molecule has 1 aliphatic carbocycles. The zero-order chi connectivity index (χ0) is 22.6. The largest absolute Gasteiger partial charge is 0.411 e. The molecule has 33 heavy (non-hydrogen) atoms. The maximum absolute atomic E-state index is 9.24. The molecule has 2 heterocycles. The number of nitrogens with two attached hydrogens (primary N) is 1. The summed E-state index contributed by atoms with van der Waals surface area (Å²) in [6.07, 6.45) is 6.59. The van der Waals surface area contributed by atoms with E-state index in [2.05, 4.69) is 33.2 Å². The van der Waals surface area contributed by atoms with E-state index in [9.17, 15) is 5.21 Å². The number of H-pyrrole nitrogens is 1. The maximum Gasteiger partial charge on any atom is 0.121 e. The van der Waals surface area contributed by atoms with E-state index in [-0.39, 0.29) is 6.04 Å². The number of aromatic amines is 1. The average molecular weight is 441 g/mol. The van der Waals surface area contributed by atoms with E-state index in [0.717, 1.165) is 58.5 Å². The highest BCUT2D eigenvalue weighted by atomic mass is 16.4. The molecule has 0 amide bonds. The molecule has 5 rings (SSSR count). The molecule has 1 atom stereocenters. The van der Waals surface area contributed by atoms with Crippen LogP contribution >= 0.6 is 0 Å². The number of oxime groups is 1. The summed E-state index contributed by atoms with van der Waals surface area (Å²) in [5.74, 6) is 0.926. The summed E-state index contributed by atoms with van der Waals surface area (Å²) in [4.78, 5) is 15.5. The number of rotatable bonds is 7. The Balaban J connectivity index is 1.53. The Morgan fingerprint density at radius 3 is 2.91 bits per heavy atom. The number of pyridine rings is 1. The van der Waals surface area contributed by atoms with Gasteiger partial charge in [-0.1, -0.05) is 35.5 Å². The third-order valence-electron chi connectivity index (χ3n) is 6.41. The molecule has 0 bridgehead atoms. The molecule has 168 valence electrons. The molecule has 0 spiro atoms. The minimum absolute atomic E-state index is 0.177. The molecule has 7 heteroatoms.